The summed E-state index contributed by atoms with van der Waals surface area (Å²) in [4.78, 5) is 6.63. The van der Waals surface area contributed by atoms with Gasteiger partial charge in [-0.15, -0.1) is 0 Å². The first-order valence-corrected chi connectivity index (χ1v) is 7.63. The fraction of sp³-hybridized carbons (Fsp3) is 0.400. The Hall–Kier alpha value is -1.33. The molecule has 2 aromatic rings. The Labute approximate surface area is 128 Å². The highest BCUT2D eigenvalue weighted by Crippen LogP contribution is 2.33. The van der Waals surface area contributed by atoms with Crippen LogP contribution in [0.25, 0.3) is 10.9 Å². The van der Waals surface area contributed by atoms with Crippen molar-refractivity contribution in [3.05, 3.63) is 28.9 Å². The molecule has 1 heterocycles. The van der Waals surface area contributed by atoms with Crippen molar-refractivity contribution >= 4 is 38.2 Å². The first-order chi connectivity index (χ1) is 9.67. The van der Waals surface area contributed by atoms with E-state index in [0.29, 0.717) is 12.3 Å². The summed E-state index contributed by atoms with van der Waals surface area (Å²) in [6.45, 7) is 7.25. The van der Waals surface area contributed by atoms with Gasteiger partial charge in [0.2, 0.25) is 0 Å². The number of nitrogens with zero attached hydrogens (tertiary/aromatic N) is 2. The molecule has 0 aliphatic carbocycles. The van der Waals surface area contributed by atoms with Crippen LogP contribution in [-0.2, 0) is 4.74 Å². The molecule has 0 saturated heterocycles. The molecule has 0 unspecified atom stereocenters. The maximum absolute atomic E-state index is 6.16. The van der Waals surface area contributed by atoms with Crippen molar-refractivity contribution in [3.8, 4) is 0 Å². The quantitative estimate of drug-likeness (QED) is 0.820. The lowest BCUT2D eigenvalue weighted by molar-refractivity contribution is 0.154. The summed E-state index contributed by atoms with van der Waals surface area (Å²) in [6, 6.07) is 6.06. The maximum atomic E-state index is 6.16. The minimum atomic E-state index is 0.696. The lowest BCUT2D eigenvalue weighted by Crippen LogP contribution is -2.28. The molecule has 0 radical (unpaired) electrons. The highest BCUT2D eigenvalue weighted by molar-refractivity contribution is 9.10. The van der Waals surface area contributed by atoms with Gasteiger partial charge in [-0.05, 0) is 32.0 Å². The minimum Gasteiger partial charge on any atom is -0.396 e. The van der Waals surface area contributed by atoms with Crippen LogP contribution in [0.4, 0.5) is 11.4 Å². The van der Waals surface area contributed by atoms with Crippen LogP contribution in [0.3, 0.4) is 0 Å². The van der Waals surface area contributed by atoms with Crippen molar-refractivity contribution < 1.29 is 4.74 Å². The van der Waals surface area contributed by atoms with Gasteiger partial charge in [0.05, 0.1) is 29.7 Å². The third kappa shape index (κ3) is 3.22. The molecule has 20 heavy (non-hydrogen) atoms. The number of pyridine rings is 1. The van der Waals surface area contributed by atoms with Gasteiger partial charge in [0, 0.05) is 29.6 Å². The molecular formula is C15H20BrN3O. The van der Waals surface area contributed by atoms with Gasteiger partial charge in [0.25, 0.3) is 0 Å². The van der Waals surface area contributed by atoms with E-state index in [1.165, 1.54) is 0 Å². The highest BCUT2D eigenvalue weighted by Gasteiger charge is 2.13. The fourth-order valence-electron chi connectivity index (χ4n) is 2.27. The monoisotopic (exact) mass is 337 g/mol. The SMILES string of the molecule is CCOCCN(CC)c1c(N)cnc2ccc(Br)cc12. The Morgan fingerprint density at radius 3 is 2.85 bits per heavy atom. The number of rotatable bonds is 6. The lowest BCUT2D eigenvalue weighted by Gasteiger charge is -2.26. The second-order valence-electron chi connectivity index (χ2n) is 4.50. The second kappa shape index (κ2) is 6.90. The van der Waals surface area contributed by atoms with Crippen LogP contribution in [0.2, 0.25) is 0 Å². The van der Waals surface area contributed by atoms with Crippen molar-refractivity contribution in [3.63, 3.8) is 0 Å². The molecule has 108 valence electrons. The van der Waals surface area contributed by atoms with E-state index in [4.69, 9.17) is 10.5 Å². The Bertz CT molecular complexity index is 583. The smallest absolute Gasteiger partial charge is 0.0745 e. The summed E-state index contributed by atoms with van der Waals surface area (Å²) in [5.41, 5.74) is 8.85. The number of halogens is 1. The molecule has 4 nitrogen and oxygen atoms in total. The summed E-state index contributed by atoms with van der Waals surface area (Å²) in [5, 5.41) is 1.07. The van der Waals surface area contributed by atoms with Gasteiger partial charge in [-0.1, -0.05) is 15.9 Å². The predicted molar refractivity (Wildman–Crippen MR) is 88.2 cm³/mol. The number of fused-ring (bicyclic) bond motifs is 1. The maximum Gasteiger partial charge on any atom is 0.0745 e. The summed E-state index contributed by atoms with van der Waals surface area (Å²) >= 11 is 3.51. The minimum absolute atomic E-state index is 0.696. The number of hydrogen-bond donors (Lipinski definition) is 1. The number of aromatic nitrogens is 1. The van der Waals surface area contributed by atoms with Crippen molar-refractivity contribution in [2.75, 3.05) is 36.9 Å². The largest absolute Gasteiger partial charge is 0.396 e. The van der Waals surface area contributed by atoms with Gasteiger partial charge >= 0.3 is 0 Å². The average Bonchev–Trinajstić information content (AvgIpc) is 2.44. The van der Waals surface area contributed by atoms with Crippen molar-refractivity contribution in [2.45, 2.75) is 13.8 Å². The summed E-state index contributed by atoms with van der Waals surface area (Å²) in [6.07, 6.45) is 1.73. The molecule has 0 bridgehead atoms. The number of ether oxygens (including phenoxy) is 1. The van der Waals surface area contributed by atoms with Crippen LogP contribution in [0.5, 0.6) is 0 Å². The van der Waals surface area contributed by atoms with Crippen molar-refractivity contribution in [1.29, 1.82) is 0 Å². The first-order valence-electron chi connectivity index (χ1n) is 6.83. The van der Waals surface area contributed by atoms with Gasteiger partial charge in [-0.3, -0.25) is 4.98 Å². The first kappa shape index (κ1) is 15.1. The molecule has 0 aliphatic heterocycles. The van der Waals surface area contributed by atoms with Crippen LogP contribution in [-0.4, -0.2) is 31.3 Å². The normalized spacial score (nSPS) is 10.9. The van der Waals surface area contributed by atoms with Crippen LogP contribution in [0.1, 0.15) is 13.8 Å². The molecule has 5 heteroatoms. The molecular weight excluding hydrogens is 318 g/mol. The van der Waals surface area contributed by atoms with E-state index in [0.717, 1.165) is 40.8 Å². The van der Waals surface area contributed by atoms with Gasteiger partial charge in [0.1, 0.15) is 0 Å². The average molecular weight is 338 g/mol. The standard InChI is InChI=1S/C15H20BrN3O/c1-3-19(7-8-20-4-2)15-12-9-11(16)5-6-14(12)18-10-13(15)17/h5-6,9-10H,3-4,7-8,17H2,1-2H3. The molecule has 0 saturated carbocycles. The van der Waals surface area contributed by atoms with Crippen molar-refractivity contribution in [2.24, 2.45) is 0 Å². The van der Waals surface area contributed by atoms with E-state index < -0.39 is 0 Å². The zero-order valence-corrected chi connectivity index (χ0v) is 13.5. The summed E-state index contributed by atoms with van der Waals surface area (Å²) in [5.74, 6) is 0. The number of likely N-dealkylation sites (N-methyl/N-ethyl adjacent to an activating group) is 1. The molecule has 0 amide bonds. The molecule has 0 aliphatic rings. The van der Waals surface area contributed by atoms with E-state index in [1.54, 1.807) is 6.20 Å². The second-order valence-corrected chi connectivity index (χ2v) is 5.42. The molecule has 1 aromatic heterocycles. The Morgan fingerprint density at radius 1 is 1.35 bits per heavy atom. The van der Waals surface area contributed by atoms with Gasteiger partial charge in [-0.25, -0.2) is 0 Å². The Morgan fingerprint density at radius 2 is 2.15 bits per heavy atom. The van der Waals surface area contributed by atoms with Gasteiger partial charge in [-0.2, -0.15) is 0 Å². The zero-order chi connectivity index (χ0) is 14.5. The van der Waals surface area contributed by atoms with E-state index in [1.807, 2.05) is 19.1 Å². The number of hydrogen-bond acceptors (Lipinski definition) is 4. The number of nitrogen functional groups attached to an aromatic ring is 1. The predicted octanol–water partition coefficient (Wildman–Crippen LogP) is 3.44. The lowest BCUT2D eigenvalue weighted by atomic mass is 10.1. The van der Waals surface area contributed by atoms with E-state index in [-0.39, 0.29) is 0 Å². The third-order valence-electron chi connectivity index (χ3n) is 3.24. The molecule has 0 spiro atoms. The number of nitrogens with two attached hydrogens (primary N) is 1. The van der Waals surface area contributed by atoms with Crippen molar-refractivity contribution in [1.82, 2.24) is 4.98 Å². The van der Waals surface area contributed by atoms with Crippen LogP contribution < -0.4 is 10.6 Å². The molecule has 2 N–H and O–H groups in total. The molecule has 1 aromatic carbocycles. The Kier molecular flexibility index (Phi) is 5.20. The Balaban J connectivity index is 2.44. The fourth-order valence-corrected chi connectivity index (χ4v) is 2.63. The molecule has 2 rings (SSSR count). The van der Waals surface area contributed by atoms with E-state index in [9.17, 15) is 0 Å². The van der Waals surface area contributed by atoms with Gasteiger partial charge < -0.3 is 15.4 Å². The molecule has 0 atom stereocenters. The van der Waals surface area contributed by atoms with Crippen LogP contribution in [0, 0.1) is 0 Å². The summed E-state index contributed by atoms with van der Waals surface area (Å²) in [7, 11) is 0. The zero-order valence-electron chi connectivity index (χ0n) is 11.9. The van der Waals surface area contributed by atoms with Gasteiger partial charge in [0.15, 0.2) is 0 Å². The van der Waals surface area contributed by atoms with E-state index in [2.05, 4.69) is 38.8 Å². The third-order valence-corrected chi connectivity index (χ3v) is 3.73. The summed E-state index contributed by atoms with van der Waals surface area (Å²) < 4.78 is 6.48. The highest BCUT2D eigenvalue weighted by atomic mass is 79.9. The topological polar surface area (TPSA) is 51.4 Å². The molecule has 0 fully saturated rings. The number of anilines is 2. The van der Waals surface area contributed by atoms with Crippen LogP contribution in [0.15, 0.2) is 28.9 Å². The van der Waals surface area contributed by atoms with Crippen LogP contribution >= 0.6 is 15.9 Å². The van der Waals surface area contributed by atoms with E-state index >= 15 is 0 Å². The number of benzene rings is 1.